The zero-order valence-electron chi connectivity index (χ0n) is 20.3. The molecule has 4 N–H and O–H groups in total. The number of nitrogens with two attached hydrogens (primary N) is 1. The summed E-state index contributed by atoms with van der Waals surface area (Å²) in [5, 5.41) is 10.6. The smallest absolute Gasteiger partial charge is 0.251 e. The second-order valence-electron chi connectivity index (χ2n) is 9.34. The summed E-state index contributed by atoms with van der Waals surface area (Å²) in [5.41, 5.74) is 12.2. The van der Waals surface area contributed by atoms with Gasteiger partial charge < -0.3 is 20.5 Å². The molecular weight excluding hydrogens is 488 g/mol. The van der Waals surface area contributed by atoms with Crippen LogP contribution < -0.4 is 15.8 Å². The summed E-state index contributed by atoms with van der Waals surface area (Å²) in [7, 11) is 1.50. The molecule has 0 aromatic heterocycles. The molecule has 2 atom stereocenters. The van der Waals surface area contributed by atoms with Gasteiger partial charge in [0.05, 0.1) is 12.7 Å². The van der Waals surface area contributed by atoms with E-state index in [4.69, 9.17) is 20.6 Å². The van der Waals surface area contributed by atoms with Gasteiger partial charge in [-0.2, -0.15) is 0 Å². The Hall–Kier alpha value is -4.56. The number of ether oxygens (including phenoxy) is 2. The lowest BCUT2D eigenvalue weighted by atomic mass is 9.83. The first kappa shape index (κ1) is 23.8. The third-order valence-corrected chi connectivity index (χ3v) is 7.09. The molecule has 0 aliphatic carbocycles. The van der Waals surface area contributed by atoms with E-state index in [-0.39, 0.29) is 30.5 Å². The summed E-state index contributed by atoms with van der Waals surface area (Å²) in [6.07, 6.45) is -0.619. The molecule has 0 spiro atoms. The Kier molecular flexibility index (Phi) is 5.69. The van der Waals surface area contributed by atoms with Crippen molar-refractivity contribution in [2.24, 2.45) is 5.73 Å². The second kappa shape index (κ2) is 9.08. The number of nitrogen functional groups attached to an aromatic ring is 1. The Morgan fingerprint density at radius 2 is 1.68 bits per heavy atom. The average molecular weight is 512 g/mol. The molecule has 8 heteroatoms. The quantitative estimate of drug-likeness (QED) is 0.239. The monoisotopic (exact) mass is 511 g/mol. The van der Waals surface area contributed by atoms with E-state index in [0.29, 0.717) is 28.0 Å². The maximum Gasteiger partial charge on any atom is 0.251 e. The van der Waals surface area contributed by atoms with Gasteiger partial charge in [0, 0.05) is 23.7 Å². The molecule has 2 bridgehead atoms. The van der Waals surface area contributed by atoms with E-state index in [1.165, 1.54) is 19.2 Å². The molecule has 2 heterocycles. The van der Waals surface area contributed by atoms with Crippen LogP contribution in [0.25, 0.3) is 11.1 Å². The highest BCUT2D eigenvalue weighted by Crippen LogP contribution is 2.54. The molecule has 1 amide bonds. The zero-order chi connectivity index (χ0) is 26.6. The maximum atomic E-state index is 14.4. The number of amides is 1. The molecule has 4 aromatic rings. The number of carbonyl (C=O) groups is 1. The van der Waals surface area contributed by atoms with Gasteiger partial charge in [0.25, 0.3) is 5.91 Å². The van der Waals surface area contributed by atoms with Crippen molar-refractivity contribution in [2.45, 2.75) is 18.8 Å². The van der Waals surface area contributed by atoms with Crippen LogP contribution in [0.4, 0.5) is 8.78 Å². The van der Waals surface area contributed by atoms with Gasteiger partial charge in [-0.15, -0.1) is 0 Å². The van der Waals surface area contributed by atoms with Crippen LogP contribution in [0.5, 0.6) is 5.75 Å². The molecule has 38 heavy (non-hydrogen) atoms. The number of carbonyl (C=O) groups excluding carboxylic acids is 1. The number of rotatable bonds is 6. The normalized spacial score (nSPS) is 16.6. The summed E-state index contributed by atoms with van der Waals surface area (Å²) in [5.74, 6) is -1.12. The van der Waals surface area contributed by atoms with Crippen LogP contribution in [-0.2, 0) is 11.3 Å². The lowest BCUT2D eigenvalue weighted by molar-refractivity contribution is 0.0857. The second-order valence-corrected chi connectivity index (χ2v) is 9.34. The predicted octanol–water partition coefficient (Wildman–Crippen LogP) is 5.38. The Morgan fingerprint density at radius 1 is 0.947 bits per heavy atom. The van der Waals surface area contributed by atoms with E-state index in [1.54, 1.807) is 24.3 Å². The van der Waals surface area contributed by atoms with E-state index in [0.717, 1.165) is 33.9 Å². The summed E-state index contributed by atoms with van der Waals surface area (Å²) in [6.45, 7) is 0.266. The molecule has 0 saturated carbocycles. The molecule has 0 fully saturated rings. The predicted molar refractivity (Wildman–Crippen MR) is 138 cm³/mol. The molecular formula is C30H23F2N3O3. The largest absolute Gasteiger partial charge is 0.496 e. The number of benzene rings is 4. The molecule has 2 aliphatic heterocycles. The third kappa shape index (κ3) is 3.90. The number of methoxy groups -OCH3 is 1. The van der Waals surface area contributed by atoms with Crippen LogP contribution in [0.3, 0.4) is 0 Å². The van der Waals surface area contributed by atoms with Crippen molar-refractivity contribution in [2.75, 3.05) is 7.11 Å². The highest BCUT2D eigenvalue weighted by molar-refractivity contribution is 5.98. The van der Waals surface area contributed by atoms with Crippen LogP contribution in [0.2, 0.25) is 0 Å². The number of fused-ring (bicyclic) bond motifs is 8. The highest BCUT2D eigenvalue weighted by Gasteiger charge is 2.43. The molecule has 4 aromatic carbocycles. The number of amidine groups is 1. The Labute approximate surface area is 217 Å². The van der Waals surface area contributed by atoms with Crippen LogP contribution in [0.1, 0.15) is 55.9 Å². The van der Waals surface area contributed by atoms with Crippen LogP contribution >= 0.6 is 0 Å². The molecule has 0 radical (unpaired) electrons. The first-order valence-corrected chi connectivity index (χ1v) is 12.0. The molecule has 6 rings (SSSR count). The number of hydrogen-bond donors (Lipinski definition) is 3. The Morgan fingerprint density at radius 3 is 2.42 bits per heavy atom. The summed E-state index contributed by atoms with van der Waals surface area (Å²) >= 11 is 0. The van der Waals surface area contributed by atoms with Gasteiger partial charge in [-0.25, -0.2) is 8.78 Å². The van der Waals surface area contributed by atoms with E-state index in [9.17, 15) is 13.6 Å². The molecule has 0 saturated heterocycles. The fraction of sp³-hybridized carbons (Fsp3) is 0.133. The van der Waals surface area contributed by atoms with Crippen molar-refractivity contribution in [1.82, 2.24) is 5.32 Å². The minimum atomic E-state index is -0.623. The van der Waals surface area contributed by atoms with Gasteiger partial charge in [-0.3, -0.25) is 10.2 Å². The Balaban J connectivity index is 1.23. The zero-order valence-corrected chi connectivity index (χ0v) is 20.3. The number of hydrogen-bond acceptors (Lipinski definition) is 4. The lowest BCUT2D eigenvalue weighted by Crippen LogP contribution is -2.23. The number of halogens is 2. The van der Waals surface area contributed by atoms with Crippen molar-refractivity contribution in [3.63, 3.8) is 0 Å². The van der Waals surface area contributed by atoms with Gasteiger partial charge in [-0.1, -0.05) is 24.3 Å². The van der Waals surface area contributed by atoms with E-state index in [2.05, 4.69) is 5.32 Å². The highest BCUT2D eigenvalue weighted by atomic mass is 19.1. The van der Waals surface area contributed by atoms with E-state index < -0.39 is 11.6 Å². The lowest BCUT2D eigenvalue weighted by Gasteiger charge is -2.18. The van der Waals surface area contributed by atoms with E-state index >= 15 is 0 Å². The minimum absolute atomic E-state index is 0.0939. The number of nitrogens with one attached hydrogen (secondary N) is 2. The summed E-state index contributed by atoms with van der Waals surface area (Å²) in [4.78, 5) is 13.0. The van der Waals surface area contributed by atoms with Gasteiger partial charge >= 0.3 is 0 Å². The van der Waals surface area contributed by atoms with Gasteiger partial charge in [-0.05, 0) is 75.8 Å². The van der Waals surface area contributed by atoms with Crippen molar-refractivity contribution >= 4 is 11.7 Å². The fourth-order valence-corrected chi connectivity index (χ4v) is 5.23. The van der Waals surface area contributed by atoms with Gasteiger partial charge in [0.1, 0.15) is 35.4 Å². The van der Waals surface area contributed by atoms with Gasteiger partial charge in [0.2, 0.25) is 0 Å². The fourth-order valence-electron chi connectivity index (χ4n) is 5.23. The first-order chi connectivity index (χ1) is 18.3. The molecule has 2 aliphatic rings. The minimum Gasteiger partial charge on any atom is -0.496 e. The van der Waals surface area contributed by atoms with Crippen molar-refractivity contribution < 1.29 is 23.0 Å². The van der Waals surface area contributed by atoms with Crippen LogP contribution in [-0.4, -0.2) is 18.9 Å². The standard InChI is InChI=1S/C30H23F2N3O3/c1-37-26-10-15(2-6-22(26)29(33)34)14-35-30(36)17-4-8-21-24(12-17)28-23-11-16(3-7-20(23)27(21)38-28)19-9-5-18(31)13-25(19)32/h2-13,27-28H,14H2,1H3,(H3,33,34)(H,35,36). The first-order valence-electron chi connectivity index (χ1n) is 12.0. The molecule has 2 unspecified atom stereocenters. The van der Waals surface area contributed by atoms with Crippen molar-refractivity contribution in [3.8, 4) is 16.9 Å². The SMILES string of the molecule is COc1cc(CNC(=O)c2ccc3c(c2)C2OC3c3ccc(-c4ccc(F)cc4F)cc32)ccc1C(=N)N. The molecule has 190 valence electrons. The van der Waals surface area contributed by atoms with Crippen molar-refractivity contribution in [3.05, 3.63) is 123 Å². The van der Waals surface area contributed by atoms with Crippen LogP contribution in [0, 0.1) is 17.0 Å². The third-order valence-electron chi connectivity index (χ3n) is 7.09. The van der Waals surface area contributed by atoms with Crippen molar-refractivity contribution in [1.29, 1.82) is 5.41 Å². The topological polar surface area (TPSA) is 97.4 Å². The van der Waals surface area contributed by atoms with E-state index in [1.807, 2.05) is 30.3 Å². The molecule has 6 nitrogen and oxygen atoms in total. The van der Waals surface area contributed by atoms with Gasteiger partial charge in [0.15, 0.2) is 0 Å². The Bertz CT molecular complexity index is 1640. The average Bonchev–Trinajstić information content (AvgIpc) is 3.48. The summed E-state index contributed by atoms with van der Waals surface area (Å²) < 4.78 is 39.4. The maximum absolute atomic E-state index is 14.4. The van der Waals surface area contributed by atoms with Crippen LogP contribution in [0.15, 0.2) is 72.8 Å². The summed E-state index contributed by atoms with van der Waals surface area (Å²) in [6, 6.07) is 19.9.